The molecule has 1 saturated heterocycles. The maximum absolute atomic E-state index is 12.4. The number of para-hydroxylation sites is 1. The Labute approximate surface area is 118 Å². The second-order valence-corrected chi connectivity index (χ2v) is 3.91. The lowest BCUT2D eigenvalue weighted by Crippen LogP contribution is -2.24. The summed E-state index contributed by atoms with van der Waals surface area (Å²) in [6.45, 7) is -3.27. The van der Waals surface area contributed by atoms with E-state index in [4.69, 9.17) is 4.74 Å². The predicted molar refractivity (Wildman–Crippen MR) is 67.5 cm³/mol. The molecule has 0 unspecified atom stereocenters. The SMILES string of the molecule is COc1cccc(/C=N\N2CC(=O)NC2=O)c1OC(F)F. The fourth-order valence-corrected chi connectivity index (χ4v) is 1.67. The number of amides is 3. The fourth-order valence-electron chi connectivity index (χ4n) is 1.67. The van der Waals surface area contributed by atoms with Crippen LogP contribution < -0.4 is 14.8 Å². The van der Waals surface area contributed by atoms with E-state index in [9.17, 15) is 18.4 Å². The molecule has 0 aliphatic carbocycles. The van der Waals surface area contributed by atoms with Crippen molar-refractivity contribution in [1.82, 2.24) is 10.3 Å². The molecule has 0 aromatic heterocycles. The first-order chi connectivity index (χ1) is 10.0. The molecule has 1 N–H and O–H groups in total. The van der Waals surface area contributed by atoms with Gasteiger partial charge in [0.25, 0.3) is 0 Å². The zero-order chi connectivity index (χ0) is 15.4. The Morgan fingerprint density at radius 1 is 1.43 bits per heavy atom. The van der Waals surface area contributed by atoms with Crippen LogP contribution in [0.5, 0.6) is 11.5 Å². The van der Waals surface area contributed by atoms with E-state index < -0.39 is 18.5 Å². The van der Waals surface area contributed by atoms with E-state index in [1.54, 1.807) is 6.07 Å². The van der Waals surface area contributed by atoms with Gasteiger partial charge in [-0.15, -0.1) is 0 Å². The number of ether oxygens (including phenoxy) is 2. The fraction of sp³-hybridized carbons (Fsp3) is 0.250. The molecular weight excluding hydrogens is 288 g/mol. The molecule has 1 aliphatic rings. The normalized spacial score (nSPS) is 15.0. The molecule has 0 radical (unpaired) electrons. The van der Waals surface area contributed by atoms with Crippen LogP contribution in [-0.2, 0) is 4.79 Å². The summed E-state index contributed by atoms with van der Waals surface area (Å²) in [5.74, 6) is -0.599. The number of hydrazone groups is 1. The van der Waals surface area contributed by atoms with Gasteiger partial charge in [0.15, 0.2) is 11.5 Å². The molecule has 2 rings (SSSR count). The van der Waals surface area contributed by atoms with Gasteiger partial charge in [-0.2, -0.15) is 13.9 Å². The van der Waals surface area contributed by atoms with Gasteiger partial charge in [0.2, 0.25) is 5.91 Å². The quantitative estimate of drug-likeness (QED) is 0.654. The van der Waals surface area contributed by atoms with Crippen molar-refractivity contribution in [3.8, 4) is 11.5 Å². The number of carbonyl (C=O) groups is 2. The summed E-state index contributed by atoms with van der Waals surface area (Å²) < 4.78 is 34.2. The van der Waals surface area contributed by atoms with Crippen LogP contribution >= 0.6 is 0 Å². The topological polar surface area (TPSA) is 80.2 Å². The number of nitrogens with zero attached hydrogens (tertiary/aromatic N) is 2. The predicted octanol–water partition coefficient (Wildman–Crippen LogP) is 1.18. The molecule has 1 fully saturated rings. The lowest BCUT2D eigenvalue weighted by molar-refractivity contribution is -0.118. The molecule has 9 heteroatoms. The molecule has 3 amide bonds. The van der Waals surface area contributed by atoms with E-state index in [1.165, 1.54) is 19.2 Å². The minimum atomic E-state index is -3.04. The van der Waals surface area contributed by atoms with Gasteiger partial charge in [0, 0.05) is 5.56 Å². The molecule has 1 aromatic carbocycles. The van der Waals surface area contributed by atoms with Crippen molar-refractivity contribution in [2.24, 2.45) is 5.10 Å². The van der Waals surface area contributed by atoms with Crippen molar-refractivity contribution in [2.75, 3.05) is 13.7 Å². The molecule has 0 saturated carbocycles. The number of carbonyl (C=O) groups excluding carboxylic acids is 2. The van der Waals surface area contributed by atoms with Crippen LogP contribution in [0.4, 0.5) is 13.6 Å². The Bertz CT molecular complexity index is 592. The van der Waals surface area contributed by atoms with Crippen LogP contribution in [0, 0.1) is 0 Å². The number of hydrogen-bond acceptors (Lipinski definition) is 5. The smallest absolute Gasteiger partial charge is 0.387 e. The van der Waals surface area contributed by atoms with Crippen molar-refractivity contribution >= 4 is 18.2 Å². The van der Waals surface area contributed by atoms with E-state index in [0.717, 1.165) is 11.2 Å². The monoisotopic (exact) mass is 299 g/mol. The first kappa shape index (κ1) is 14.7. The second-order valence-electron chi connectivity index (χ2n) is 3.91. The van der Waals surface area contributed by atoms with Gasteiger partial charge in [-0.1, -0.05) is 6.07 Å². The van der Waals surface area contributed by atoms with Crippen LogP contribution in [-0.4, -0.2) is 43.4 Å². The highest BCUT2D eigenvalue weighted by Crippen LogP contribution is 2.31. The molecule has 0 spiro atoms. The van der Waals surface area contributed by atoms with Gasteiger partial charge >= 0.3 is 12.6 Å². The third kappa shape index (κ3) is 3.44. The van der Waals surface area contributed by atoms with Crippen LogP contribution in [0.15, 0.2) is 23.3 Å². The summed E-state index contributed by atoms with van der Waals surface area (Å²) in [5.41, 5.74) is 0.182. The minimum absolute atomic E-state index is 0.0983. The minimum Gasteiger partial charge on any atom is -0.493 e. The highest BCUT2D eigenvalue weighted by Gasteiger charge is 2.26. The van der Waals surface area contributed by atoms with Crippen molar-refractivity contribution < 1.29 is 27.8 Å². The molecule has 0 bridgehead atoms. The Hall–Kier alpha value is -2.71. The Morgan fingerprint density at radius 3 is 2.76 bits per heavy atom. The number of alkyl halides is 2. The van der Waals surface area contributed by atoms with Crippen LogP contribution in [0.3, 0.4) is 0 Å². The largest absolute Gasteiger partial charge is 0.493 e. The average Bonchev–Trinajstić information content (AvgIpc) is 2.75. The zero-order valence-corrected chi connectivity index (χ0v) is 10.9. The molecule has 112 valence electrons. The van der Waals surface area contributed by atoms with Gasteiger partial charge < -0.3 is 9.47 Å². The summed E-state index contributed by atoms with van der Waals surface area (Å²) in [5, 5.41) is 6.66. The van der Waals surface area contributed by atoms with Gasteiger partial charge in [0.05, 0.1) is 13.3 Å². The number of halogens is 2. The Morgan fingerprint density at radius 2 is 2.19 bits per heavy atom. The third-order valence-corrected chi connectivity index (χ3v) is 2.55. The van der Waals surface area contributed by atoms with E-state index in [2.05, 4.69) is 9.84 Å². The van der Waals surface area contributed by atoms with Gasteiger partial charge in [-0.05, 0) is 12.1 Å². The molecule has 1 aromatic rings. The van der Waals surface area contributed by atoms with E-state index in [1.807, 2.05) is 5.32 Å². The summed E-state index contributed by atoms with van der Waals surface area (Å²) in [6, 6.07) is 3.77. The molecule has 0 atom stereocenters. The number of benzene rings is 1. The number of rotatable bonds is 5. The standard InChI is InChI=1S/C12H11F2N3O4/c1-20-8-4-2-3-7(10(8)21-11(13)14)5-15-17-6-9(18)16-12(17)19/h2-5,11H,6H2,1H3,(H,16,18,19)/b15-5-. The lowest BCUT2D eigenvalue weighted by Gasteiger charge is -2.12. The Balaban J connectivity index is 2.26. The van der Waals surface area contributed by atoms with E-state index >= 15 is 0 Å². The van der Waals surface area contributed by atoms with Crippen LogP contribution in [0.2, 0.25) is 0 Å². The first-order valence-electron chi connectivity index (χ1n) is 5.78. The molecule has 7 nitrogen and oxygen atoms in total. The van der Waals surface area contributed by atoms with Crippen molar-refractivity contribution in [2.45, 2.75) is 6.61 Å². The number of methoxy groups -OCH3 is 1. The van der Waals surface area contributed by atoms with Gasteiger partial charge in [-0.3, -0.25) is 10.1 Å². The van der Waals surface area contributed by atoms with Crippen molar-refractivity contribution in [3.05, 3.63) is 23.8 Å². The van der Waals surface area contributed by atoms with Gasteiger partial charge in [0.1, 0.15) is 6.54 Å². The maximum atomic E-state index is 12.4. The summed E-state index contributed by atoms with van der Waals surface area (Å²) in [7, 11) is 1.31. The number of hydrogen-bond donors (Lipinski definition) is 1. The highest BCUT2D eigenvalue weighted by molar-refractivity contribution is 6.02. The zero-order valence-electron chi connectivity index (χ0n) is 10.9. The summed E-state index contributed by atoms with van der Waals surface area (Å²) in [4.78, 5) is 22.3. The highest BCUT2D eigenvalue weighted by atomic mass is 19.3. The lowest BCUT2D eigenvalue weighted by atomic mass is 10.2. The van der Waals surface area contributed by atoms with Crippen LogP contribution in [0.25, 0.3) is 0 Å². The van der Waals surface area contributed by atoms with Crippen molar-refractivity contribution in [3.63, 3.8) is 0 Å². The summed E-state index contributed by atoms with van der Waals surface area (Å²) in [6.07, 6.45) is 1.14. The second kappa shape index (κ2) is 6.16. The Kier molecular flexibility index (Phi) is 4.31. The third-order valence-electron chi connectivity index (χ3n) is 2.55. The number of urea groups is 1. The van der Waals surface area contributed by atoms with Crippen LogP contribution in [0.1, 0.15) is 5.56 Å². The molecule has 1 aliphatic heterocycles. The summed E-state index contributed by atoms with van der Waals surface area (Å²) >= 11 is 0. The average molecular weight is 299 g/mol. The maximum Gasteiger partial charge on any atom is 0.387 e. The number of imide groups is 1. The van der Waals surface area contributed by atoms with E-state index in [-0.39, 0.29) is 23.6 Å². The van der Waals surface area contributed by atoms with Crippen molar-refractivity contribution in [1.29, 1.82) is 0 Å². The molecule has 21 heavy (non-hydrogen) atoms. The number of nitrogens with one attached hydrogen (secondary N) is 1. The van der Waals surface area contributed by atoms with E-state index in [0.29, 0.717) is 0 Å². The van der Waals surface area contributed by atoms with Gasteiger partial charge in [-0.25, -0.2) is 9.80 Å². The molecular formula is C12H11F2N3O4. The first-order valence-corrected chi connectivity index (χ1v) is 5.78. The molecule has 1 heterocycles.